The van der Waals surface area contributed by atoms with Crippen LogP contribution in [0, 0.1) is 5.92 Å². The quantitative estimate of drug-likeness (QED) is 0.619. The lowest BCUT2D eigenvalue weighted by molar-refractivity contribution is 0.00465. The maximum absolute atomic E-state index is 11.9. The van der Waals surface area contributed by atoms with E-state index in [0.717, 1.165) is 13.0 Å². The molecule has 0 aromatic heterocycles. The normalized spacial score (nSPS) is 27.7. The zero-order valence-electron chi connectivity index (χ0n) is 10.5. The molecule has 0 aromatic carbocycles. The molecule has 1 heterocycles. The molecule has 15 heavy (non-hydrogen) atoms. The maximum atomic E-state index is 11.9. The summed E-state index contributed by atoms with van der Waals surface area (Å²) < 4.78 is 5.38. The van der Waals surface area contributed by atoms with Gasteiger partial charge >= 0.3 is 6.09 Å². The zero-order chi connectivity index (χ0) is 11.6. The van der Waals surface area contributed by atoms with Gasteiger partial charge in [0.2, 0.25) is 0 Å². The summed E-state index contributed by atoms with van der Waals surface area (Å²) in [7, 11) is 0. The van der Waals surface area contributed by atoms with Crippen LogP contribution in [0.15, 0.2) is 0 Å². The summed E-state index contributed by atoms with van der Waals surface area (Å²) in [6.07, 6.45) is 2.13. The smallest absolute Gasteiger partial charge is 0.410 e. The van der Waals surface area contributed by atoms with E-state index in [9.17, 15) is 4.79 Å². The molecule has 0 spiro atoms. The molecule has 0 aromatic rings. The fourth-order valence-corrected chi connectivity index (χ4v) is 1.91. The van der Waals surface area contributed by atoms with E-state index >= 15 is 0 Å². The van der Waals surface area contributed by atoms with Crippen molar-refractivity contribution in [3.63, 3.8) is 0 Å². The monoisotopic (exact) mass is 213 g/mol. The van der Waals surface area contributed by atoms with Crippen molar-refractivity contribution in [1.82, 2.24) is 4.90 Å². The Morgan fingerprint density at radius 3 is 2.47 bits per heavy atom. The number of hydrogen-bond donors (Lipinski definition) is 0. The number of likely N-dealkylation sites (tertiary alicyclic amines) is 1. The summed E-state index contributed by atoms with van der Waals surface area (Å²) in [6, 6.07) is 0.300. The highest BCUT2D eigenvalue weighted by molar-refractivity contribution is 5.68. The minimum atomic E-state index is -0.391. The molecular weight excluding hydrogens is 190 g/mol. The third-order valence-corrected chi connectivity index (χ3v) is 3.00. The molecule has 1 rings (SSSR count). The van der Waals surface area contributed by atoms with Gasteiger partial charge in [-0.05, 0) is 46.5 Å². The summed E-state index contributed by atoms with van der Waals surface area (Å²) in [4.78, 5) is 13.7. The fraction of sp³-hybridized carbons (Fsp3) is 0.917. The second-order valence-corrected chi connectivity index (χ2v) is 5.53. The SMILES string of the molecule is C[C@@H]1[C@@H](C)CCCN1C(=O)OC(C)(C)C. The van der Waals surface area contributed by atoms with E-state index in [1.807, 2.05) is 25.7 Å². The first-order valence-corrected chi connectivity index (χ1v) is 5.81. The van der Waals surface area contributed by atoms with Crippen LogP contribution >= 0.6 is 0 Å². The number of piperidine rings is 1. The van der Waals surface area contributed by atoms with Gasteiger partial charge in [0, 0.05) is 12.6 Å². The second-order valence-electron chi connectivity index (χ2n) is 5.53. The molecule has 0 N–H and O–H groups in total. The van der Waals surface area contributed by atoms with Crippen molar-refractivity contribution >= 4 is 6.09 Å². The molecule has 1 fully saturated rings. The first-order chi connectivity index (χ1) is 6.81. The third-order valence-electron chi connectivity index (χ3n) is 3.00. The van der Waals surface area contributed by atoms with Crippen LogP contribution < -0.4 is 0 Å². The Morgan fingerprint density at radius 1 is 1.33 bits per heavy atom. The second kappa shape index (κ2) is 4.42. The first-order valence-electron chi connectivity index (χ1n) is 5.81. The van der Waals surface area contributed by atoms with Crippen molar-refractivity contribution in [3.05, 3.63) is 0 Å². The van der Waals surface area contributed by atoms with Gasteiger partial charge in [0.05, 0.1) is 0 Å². The highest BCUT2D eigenvalue weighted by atomic mass is 16.6. The van der Waals surface area contributed by atoms with E-state index in [2.05, 4.69) is 13.8 Å². The van der Waals surface area contributed by atoms with Gasteiger partial charge in [-0.25, -0.2) is 4.79 Å². The molecule has 3 nitrogen and oxygen atoms in total. The van der Waals surface area contributed by atoms with Crippen LogP contribution in [0.25, 0.3) is 0 Å². The van der Waals surface area contributed by atoms with Gasteiger partial charge in [0.1, 0.15) is 5.60 Å². The van der Waals surface area contributed by atoms with Crippen LogP contribution in [0.4, 0.5) is 4.79 Å². The van der Waals surface area contributed by atoms with Crippen LogP contribution in [0.1, 0.15) is 47.5 Å². The summed E-state index contributed by atoms with van der Waals surface area (Å²) in [5.41, 5.74) is -0.391. The Balaban J connectivity index is 2.59. The van der Waals surface area contributed by atoms with Gasteiger partial charge in [-0.3, -0.25) is 0 Å². The maximum Gasteiger partial charge on any atom is 0.410 e. The average Bonchev–Trinajstić information content (AvgIpc) is 2.06. The van der Waals surface area contributed by atoms with Crippen molar-refractivity contribution in [2.45, 2.75) is 59.1 Å². The van der Waals surface area contributed by atoms with Crippen molar-refractivity contribution in [3.8, 4) is 0 Å². The molecule has 1 aliphatic heterocycles. The van der Waals surface area contributed by atoms with Crippen LogP contribution in [0.3, 0.4) is 0 Å². The number of carbonyl (C=O) groups is 1. The summed E-state index contributed by atoms with van der Waals surface area (Å²) in [5, 5.41) is 0. The molecular formula is C12H23NO2. The zero-order valence-corrected chi connectivity index (χ0v) is 10.5. The van der Waals surface area contributed by atoms with Crippen molar-refractivity contribution in [1.29, 1.82) is 0 Å². The summed E-state index contributed by atoms with van der Waals surface area (Å²) >= 11 is 0. The Bertz CT molecular complexity index is 232. The van der Waals surface area contributed by atoms with Gasteiger partial charge in [-0.2, -0.15) is 0 Å². The Labute approximate surface area is 92.8 Å². The van der Waals surface area contributed by atoms with E-state index in [1.54, 1.807) is 0 Å². The molecule has 0 unspecified atom stereocenters. The number of rotatable bonds is 0. The van der Waals surface area contributed by atoms with Crippen LogP contribution in [0.5, 0.6) is 0 Å². The number of hydrogen-bond acceptors (Lipinski definition) is 2. The summed E-state index contributed by atoms with van der Waals surface area (Å²) in [6.45, 7) is 10.9. The van der Waals surface area contributed by atoms with E-state index < -0.39 is 5.60 Å². The van der Waals surface area contributed by atoms with E-state index in [0.29, 0.717) is 12.0 Å². The Kier molecular flexibility index (Phi) is 3.63. The lowest BCUT2D eigenvalue weighted by Crippen LogP contribution is -2.47. The molecule has 0 aliphatic carbocycles. The molecule has 1 aliphatic rings. The Morgan fingerprint density at radius 2 is 1.93 bits per heavy atom. The Hall–Kier alpha value is -0.730. The summed E-state index contributed by atoms with van der Waals surface area (Å²) in [5.74, 6) is 0.575. The minimum absolute atomic E-state index is 0.165. The van der Waals surface area contributed by atoms with Gasteiger partial charge < -0.3 is 9.64 Å². The van der Waals surface area contributed by atoms with E-state index in [4.69, 9.17) is 4.74 Å². The first kappa shape index (κ1) is 12.3. The lowest BCUT2D eigenvalue weighted by atomic mass is 9.92. The number of amides is 1. The standard InChI is InChI=1S/C12H23NO2/c1-9-7-6-8-13(10(9)2)11(14)15-12(3,4)5/h9-10H,6-8H2,1-5H3/t9-,10+/m0/s1. The van der Waals surface area contributed by atoms with Gasteiger partial charge in [0.15, 0.2) is 0 Å². The van der Waals surface area contributed by atoms with Gasteiger partial charge in [-0.1, -0.05) is 6.92 Å². The van der Waals surface area contributed by atoms with Crippen molar-refractivity contribution in [2.75, 3.05) is 6.54 Å². The fourth-order valence-electron chi connectivity index (χ4n) is 1.91. The average molecular weight is 213 g/mol. The predicted octanol–water partition coefficient (Wildman–Crippen LogP) is 3.04. The molecule has 0 radical (unpaired) electrons. The molecule has 3 heteroatoms. The van der Waals surface area contributed by atoms with Gasteiger partial charge in [0.25, 0.3) is 0 Å². The predicted molar refractivity (Wildman–Crippen MR) is 60.8 cm³/mol. The highest BCUT2D eigenvalue weighted by Gasteiger charge is 2.31. The molecule has 88 valence electrons. The molecule has 1 amide bonds. The van der Waals surface area contributed by atoms with Crippen molar-refractivity contribution < 1.29 is 9.53 Å². The number of ether oxygens (including phenoxy) is 1. The van der Waals surface area contributed by atoms with Crippen LogP contribution in [-0.2, 0) is 4.74 Å². The molecule has 2 atom stereocenters. The van der Waals surface area contributed by atoms with Crippen molar-refractivity contribution in [2.24, 2.45) is 5.92 Å². The minimum Gasteiger partial charge on any atom is -0.444 e. The van der Waals surface area contributed by atoms with E-state index in [1.165, 1.54) is 6.42 Å². The van der Waals surface area contributed by atoms with E-state index in [-0.39, 0.29) is 6.09 Å². The topological polar surface area (TPSA) is 29.5 Å². The molecule has 0 saturated carbocycles. The highest BCUT2D eigenvalue weighted by Crippen LogP contribution is 2.24. The largest absolute Gasteiger partial charge is 0.444 e. The number of carbonyl (C=O) groups excluding carboxylic acids is 1. The molecule has 0 bridgehead atoms. The van der Waals surface area contributed by atoms with Crippen LogP contribution in [-0.4, -0.2) is 29.2 Å². The third kappa shape index (κ3) is 3.40. The lowest BCUT2D eigenvalue weighted by Gasteiger charge is -2.38. The molecule has 1 saturated heterocycles. The van der Waals surface area contributed by atoms with Crippen LogP contribution in [0.2, 0.25) is 0 Å². The number of nitrogens with zero attached hydrogens (tertiary/aromatic N) is 1. The van der Waals surface area contributed by atoms with Gasteiger partial charge in [-0.15, -0.1) is 0 Å².